The van der Waals surface area contributed by atoms with E-state index in [1.54, 1.807) is 29.2 Å². The second kappa shape index (κ2) is 8.24. The molecule has 30 heavy (non-hydrogen) atoms. The fraction of sp³-hybridized carbons (Fsp3) is 0.174. The van der Waals surface area contributed by atoms with E-state index in [1.807, 2.05) is 37.3 Å². The largest absolute Gasteiger partial charge is 0.334 e. The molecule has 0 N–H and O–H groups in total. The SMILES string of the molecule is CCCN(Cc1ccccc1)C(=O)c1ccc(N2C(=O)c3cnncc3C2=O)cc1. The molecule has 0 atom stereocenters. The van der Waals surface area contributed by atoms with Crippen molar-refractivity contribution in [2.24, 2.45) is 0 Å². The number of fused-ring (bicyclic) bond motifs is 1. The van der Waals surface area contributed by atoms with Crippen LogP contribution < -0.4 is 4.90 Å². The molecule has 0 bridgehead atoms. The third-order valence-electron chi connectivity index (χ3n) is 4.97. The minimum absolute atomic E-state index is 0.0944. The Morgan fingerprint density at radius 2 is 1.50 bits per heavy atom. The molecule has 1 aliphatic heterocycles. The average molecular weight is 400 g/mol. The summed E-state index contributed by atoms with van der Waals surface area (Å²) in [6.45, 7) is 3.18. The van der Waals surface area contributed by atoms with Crippen molar-refractivity contribution in [1.82, 2.24) is 15.1 Å². The Morgan fingerprint density at radius 3 is 2.07 bits per heavy atom. The van der Waals surface area contributed by atoms with Gasteiger partial charge in [-0.05, 0) is 36.2 Å². The maximum Gasteiger partial charge on any atom is 0.267 e. The molecule has 1 aliphatic rings. The van der Waals surface area contributed by atoms with Gasteiger partial charge in [0.1, 0.15) is 0 Å². The summed E-state index contributed by atoms with van der Waals surface area (Å²) in [5.74, 6) is -0.982. The molecule has 150 valence electrons. The number of carbonyl (C=O) groups excluding carboxylic acids is 3. The lowest BCUT2D eigenvalue weighted by molar-refractivity contribution is 0.0743. The number of aromatic nitrogens is 2. The fourth-order valence-electron chi connectivity index (χ4n) is 3.49. The van der Waals surface area contributed by atoms with Gasteiger partial charge in [0.05, 0.1) is 29.2 Å². The summed E-state index contributed by atoms with van der Waals surface area (Å²) in [7, 11) is 0. The lowest BCUT2D eigenvalue weighted by Crippen LogP contribution is -2.32. The van der Waals surface area contributed by atoms with Crippen LogP contribution in [-0.4, -0.2) is 39.4 Å². The smallest absolute Gasteiger partial charge is 0.267 e. The first-order valence-electron chi connectivity index (χ1n) is 9.73. The van der Waals surface area contributed by atoms with E-state index in [-0.39, 0.29) is 17.0 Å². The number of nitrogens with zero attached hydrogens (tertiary/aromatic N) is 4. The third-order valence-corrected chi connectivity index (χ3v) is 4.97. The van der Waals surface area contributed by atoms with Crippen molar-refractivity contribution in [1.29, 1.82) is 0 Å². The van der Waals surface area contributed by atoms with Gasteiger partial charge in [0.2, 0.25) is 0 Å². The zero-order chi connectivity index (χ0) is 21.1. The molecule has 3 aromatic rings. The van der Waals surface area contributed by atoms with Crippen molar-refractivity contribution < 1.29 is 14.4 Å². The molecule has 1 aromatic heterocycles. The molecular weight excluding hydrogens is 380 g/mol. The van der Waals surface area contributed by atoms with Crippen LogP contribution >= 0.6 is 0 Å². The Kier molecular flexibility index (Phi) is 5.34. The second-order valence-electron chi connectivity index (χ2n) is 7.02. The number of hydrogen-bond acceptors (Lipinski definition) is 5. The standard InChI is InChI=1S/C23H20N4O3/c1-2-12-26(15-16-6-4-3-5-7-16)21(28)17-8-10-18(11-9-17)27-22(29)19-13-24-25-14-20(19)23(27)30/h3-11,13-14H,2,12,15H2,1H3. The first-order chi connectivity index (χ1) is 14.6. The molecule has 0 fully saturated rings. The van der Waals surface area contributed by atoms with Crippen molar-refractivity contribution in [2.45, 2.75) is 19.9 Å². The minimum atomic E-state index is -0.444. The van der Waals surface area contributed by atoms with E-state index in [1.165, 1.54) is 12.4 Å². The molecule has 0 aliphatic carbocycles. The molecule has 4 rings (SSSR count). The first kappa shape index (κ1) is 19.4. The Morgan fingerprint density at radius 1 is 0.900 bits per heavy atom. The highest BCUT2D eigenvalue weighted by Crippen LogP contribution is 2.27. The number of benzene rings is 2. The molecule has 0 radical (unpaired) electrons. The van der Waals surface area contributed by atoms with E-state index in [9.17, 15) is 14.4 Å². The number of rotatable bonds is 6. The topological polar surface area (TPSA) is 83.5 Å². The van der Waals surface area contributed by atoms with Gasteiger partial charge in [-0.2, -0.15) is 10.2 Å². The highest BCUT2D eigenvalue weighted by molar-refractivity contribution is 6.34. The fourth-order valence-corrected chi connectivity index (χ4v) is 3.49. The average Bonchev–Trinajstić information content (AvgIpc) is 3.04. The lowest BCUT2D eigenvalue weighted by Gasteiger charge is -2.23. The van der Waals surface area contributed by atoms with Crippen LogP contribution in [0.4, 0.5) is 5.69 Å². The predicted molar refractivity (Wildman–Crippen MR) is 111 cm³/mol. The summed E-state index contributed by atoms with van der Waals surface area (Å²) in [4.78, 5) is 41.1. The Hall–Kier alpha value is -3.87. The predicted octanol–water partition coefficient (Wildman–Crippen LogP) is 3.33. The molecule has 7 nitrogen and oxygen atoms in total. The molecule has 0 saturated carbocycles. The maximum absolute atomic E-state index is 13.0. The zero-order valence-electron chi connectivity index (χ0n) is 16.5. The van der Waals surface area contributed by atoms with Gasteiger partial charge >= 0.3 is 0 Å². The minimum Gasteiger partial charge on any atom is -0.334 e. The summed E-state index contributed by atoms with van der Waals surface area (Å²) in [5, 5.41) is 7.36. The first-order valence-corrected chi connectivity index (χ1v) is 9.73. The van der Waals surface area contributed by atoms with Crippen molar-refractivity contribution in [3.05, 3.63) is 89.2 Å². The van der Waals surface area contributed by atoms with Crippen molar-refractivity contribution >= 4 is 23.4 Å². The monoisotopic (exact) mass is 400 g/mol. The van der Waals surface area contributed by atoms with E-state index in [0.29, 0.717) is 24.3 Å². The van der Waals surface area contributed by atoms with E-state index in [0.717, 1.165) is 16.9 Å². The van der Waals surface area contributed by atoms with Crippen LogP contribution in [0.25, 0.3) is 0 Å². The van der Waals surface area contributed by atoms with Gasteiger partial charge in [-0.3, -0.25) is 14.4 Å². The normalized spacial score (nSPS) is 12.8. The molecule has 2 aromatic carbocycles. The summed E-state index contributed by atoms with van der Waals surface area (Å²) in [6.07, 6.45) is 3.42. The van der Waals surface area contributed by atoms with Gasteiger partial charge in [0.25, 0.3) is 17.7 Å². The molecule has 3 amide bonds. The number of anilines is 1. The highest BCUT2D eigenvalue weighted by atomic mass is 16.2. The van der Waals surface area contributed by atoms with Gasteiger partial charge in [-0.1, -0.05) is 37.3 Å². The number of amides is 3. The van der Waals surface area contributed by atoms with Crippen molar-refractivity contribution in [3.63, 3.8) is 0 Å². The summed E-state index contributed by atoms with van der Waals surface area (Å²) >= 11 is 0. The lowest BCUT2D eigenvalue weighted by atomic mass is 10.1. The van der Waals surface area contributed by atoms with Crippen molar-refractivity contribution in [2.75, 3.05) is 11.4 Å². The molecular formula is C23H20N4O3. The van der Waals surface area contributed by atoms with Crippen LogP contribution in [0, 0.1) is 0 Å². The Balaban J connectivity index is 1.55. The molecule has 0 unspecified atom stereocenters. The van der Waals surface area contributed by atoms with Crippen LogP contribution in [-0.2, 0) is 6.54 Å². The number of hydrogen-bond donors (Lipinski definition) is 0. The summed E-state index contributed by atoms with van der Waals surface area (Å²) in [6, 6.07) is 16.3. The molecule has 0 saturated heterocycles. The number of imide groups is 1. The van der Waals surface area contributed by atoms with Gasteiger partial charge in [0, 0.05) is 18.7 Å². The Bertz CT molecular complexity index is 1060. The molecule has 7 heteroatoms. The van der Waals surface area contributed by atoms with Crippen LogP contribution in [0.5, 0.6) is 0 Å². The van der Waals surface area contributed by atoms with Crippen LogP contribution in [0.3, 0.4) is 0 Å². The van der Waals surface area contributed by atoms with Crippen molar-refractivity contribution in [3.8, 4) is 0 Å². The van der Waals surface area contributed by atoms with E-state index >= 15 is 0 Å². The van der Waals surface area contributed by atoms with E-state index in [4.69, 9.17) is 0 Å². The van der Waals surface area contributed by atoms with Gasteiger partial charge in [-0.25, -0.2) is 4.90 Å². The maximum atomic E-state index is 13.0. The zero-order valence-corrected chi connectivity index (χ0v) is 16.5. The summed E-state index contributed by atoms with van der Waals surface area (Å²) in [5.41, 5.74) is 2.43. The van der Waals surface area contributed by atoms with E-state index < -0.39 is 11.8 Å². The number of carbonyl (C=O) groups is 3. The molecule has 2 heterocycles. The van der Waals surface area contributed by atoms with Crippen LogP contribution in [0.15, 0.2) is 67.0 Å². The summed E-state index contributed by atoms with van der Waals surface area (Å²) < 4.78 is 0. The second-order valence-corrected chi connectivity index (χ2v) is 7.02. The van der Waals surface area contributed by atoms with E-state index in [2.05, 4.69) is 10.2 Å². The van der Waals surface area contributed by atoms with Crippen LogP contribution in [0.1, 0.15) is 50.0 Å². The van der Waals surface area contributed by atoms with Gasteiger partial charge in [0.15, 0.2) is 0 Å². The third kappa shape index (κ3) is 3.57. The van der Waals surface area contributed by atoms with Gasteiger partial charge in [-0.15, -0.1) is 0 Å². The quantitative estimate of drug-likeness (QED) is 0.593. The van der Waals surface area contributed by atoms with Crippen LogP contribution in [0.2, 0.25) is 0 Å². The molecule has 0 spiro atoms. The van der Waals surface area contributed by atoms with Gasteiger partial charge < -0.3 is 4.90 Å². The highest BCUT2D eigenvalue weighted by Gasteiger charge is 2.37. The Labute approximate surface area is 174 Å².